The van der Waals surface area contributed by atoms with Crippen LogP contribution in [0.15, 0.2) is 48.6 Å². The van der Waals surface area contributed by atoms with E-state index in [4.69, 9.17) is 14.9 Å². The fraction of sp³-hybridized carbons (Fsp3) is 0.804. The molecule has 6 aliphatic rings. The fourth-order valence-electron chi connectivity index (χ4n) is 11.5. The number of allylic oxidation sites excluding steroid dienone is 6. The minimum atomic E-state index is -0.672. The largest absolute Gasteiger partial charge is 0.481 e. The molecule has 6 rings (SSSR count). The molecule has 2 spiro atoms. The summed E-state index contributed by atoms with van der Waals surface area (Å²) in [6, 6.07) is 0. The van der Waals surface area contributed by atoms with E-state index in [0.717, 1.165) is 50.4 Å². The van der Waals surface area contributed by atoms with E-state index in [9.17, 15) is 4.79 Å². The molecule has 2 heterocycles. The predicted octanol–water partition coefficient (Wildman–Crippen LogP) is 13.0. The highest BCUT2D eigenvalue weighted by Gasteiger charge is 2.74. The summed E-state index contributed by atoms with van der Waals surface area (Å²) in [4.78, 5) is 24.1. The van der Waals surface area contributed by atoms with Crippen LogP contribution in [0.1, 0.15) is 170 Å². The second-order valence-corrected chi connectivity index (χ2v) is 18.5. The molecule has 1 N–H and O–H groups in total. The number of carboxylic acid groups (broad SMARTS) is 1. The van der Waals surface area contributed by atoms with Crippen LogP contribution in [-0.2, 0) is 14.6 Å². The normalized spacial score (nSPS) is 37.5. The van der Waals surface area contributed by atoms with Gasteiger partial charge in [0.15, 0.2) is 0 Å². The molecule has 10 atom stereocenters. The lowest BCUT2D eigenvalue weighted by Gasteiger charge is -2.69. The average molecular weight is 691 g/mol. The first-order chi connectivity index (χ1) is 24.0. The quantitative estimate of drug-likeness (QED) is 0.0785. The van der Waals surface area contributed by atoms with Gasteiger partial charge in [-0.25, -0.2) is 9.78 Å². The molecule has 2 aliphatic heterocycles. The van der Waals surface area contributed by atoms with E-state index in [-0.39, 0.29) is 16.6 Å². The summed E-state index contributed by atoms with van der Waals surface area (Å²) in [5.74, 6) is 3.84. The van der Waals surface area contributed by atoms with Crippen LogP contribution in [0, 0.1) is 52.3 Å². The molecule has 2 unspecified atom stereocenters. The number of hydrogen-bond acceptors (Lipinski definition) is 3. The van der Waals surface area contributed by atoms with Crippen LogP contribution in [0.2, 0.25) is 0 Å². The van der Waals surface area contributed by atoms with Crippen LogP contribution in [0.5, 0.6) is 0 Å². The van der Waals surface area contributed by atoms with Crippen LogP contribution >= 0.6 is 0 Å². The van der Waals surface area contributed by atoms with Crippen molar-refractivity contribution in [3.63, 3.8) is 0 Å². The van der Waals surface area contributed by atoms with Crippen LogP contribution in [-0.4, -0.2) is 22.3 Å². The maximum atomic E-state index is 10.6. The van der Waals surface area contributed by atoms with Crippen LogP contribution in [0.25, 0.3) is 0 Å². The minimum Gasteiger partial charge on any atom is -0.481 e. The van der Waals surface area contributed by atoms with Crippen molar-refractivity contribution < 1.29 is 19.7 Å². The Hall–Kier alpha value is -1.65. The molecule has 2 bridgehead atoms. The summed E-state index contributed by atoms with van der Waals surface area (Å²) < 4.78 is 0. The summed E-state index contributed by atoms with van der Waals surface area (Å²) in [5.41, 5.74) is -0.000384. The fourth-order valence-corrected chi connectivity index (χ4v) is 11.5. The van der Waals surface area contributed by atoms with E-state index in [0.29, 0.717) is 41.4 Å². The molecule has 3 saturated carbocycles. The molecule has 4 nitrogen and oxygen atoms in total. The summed E-state index contributed by atoms with van der Waals surface area (Å²) in [6.07, 6.45) is 42.7. The average Bonchev–Trinajstić information content (AvgIpc) is 3.46. The lowest BCUT2D eigenvalue weighted by molar-refractivity contribution is -0.497. The highest BCUT2D eigenvalue weighted by atomic mass is 17.2. The van der Waals surface area contributed by atoms with Crippen LogP contribution < -0.4 is 0 Å². The second-order valence-electron chi connectivity index (χ2n) is 18.5. The Bertz CT molecular complexity index is 1210. The monoisotopic (exact) mass is 691 g/mol. The van der Waals surface area contributed by atoms with Crippen LogP contribution in [0.4, 0.5) is 0 Å². The van der Waals surface area contributed by atoms with Crippen molar-refractivity contribution in [2.24, 2.45) is 52.3 Å². The first-order valence-corrected chi connectivity index (χ1v) is 21.2. The van der Waals surface area contributed by atoms with Gasteiger partial charge in [0.25, 0.3) is 0 Å². The number of aliphatic carboxylic acids is 1. The zero-order chi connectivity index (χ0) is 35.8. The Morgan fingerprint density at radius 3 is 2.16 bits per heavy atom. The van der Waals surface area contributed by atoms with E-state index in [1.165, 1.54) is 83.5 Å². The number of rotatable bonds is 20. The summed E-state index contributed by atoms with van der Waals surface area (Å²) in [7, 11) is 0. The van der Waals surface area contributed by atoms with E-state index in [1.807, 2.05) is 0 Å². The van der Waals surface area contributed by atoms with Crippen molar-refractivity contribution in [1.82, 2.24) is 0 Å². The molecular formula is C46H74O4. The van der Waals surface area contributed by atoms with Gasteiger partial charge in [0, 0.05) is 23.7 Å². The van der Waals surface area contributed by atoms with Crippen molar-refractivity contribution in [3.05, 3.63) is 48.6 Å². The number of carbonyl (C=O) groups is 1. The van der Waals surface area contributed by atoms with Gasteiger partial charge in [-0.3, -0.25) is 4.79 Å². The van der Waals surface area contributed by atoms with Crippen molar-refractivity contribution in [1.29, 1.82) is 0 Å². The van der Waals surface area contributed by atoms with Crippen molar-refractivity contribution >= 4 is 5.97 Å². The maximum absolute atomic E-state index is 10.6. The van der Waals surface area contributed by atoms with Gasteiger partial charge in [-0.1, -0.05) is 129 Å². The lowest BCUT2D eigenvalue weighted by atomic mass is 9.42. The Morgan fingerprint density at radius 1 is 0.780 bits per heavy atom. The van der Waals surface area contributed by atoms with Gasteiger partial charge in [0.05, 0.1) is 0 Å². The molecule has 0 aromatic heterocycles. The van der Waals surface area contributed by atoms with Gasteiger partial charge in [0.2, 0.25) is 0 Å². The first-order valence-electron chi connectivity index (χ1n) is 21.2. The van der Waals surface area contributed by atoms with Gasteiger partial charge < -0.3 is 5.11 Å². The molecule has 1 saturated heterocycles. The summed E-state index contributed by atoms with van der Waals surface area (Å²) in [5, 5.41) is 8.70. The Morgan fingerprint density at radius 2 is 1.48 bits per heavy atom. The summed E-state index contributed by atoms with van der Waals surface area (Å²) >= 11 is 0. The van der Waals surface area contributed by atoms with Gasteiger partial charge in [-0.05, 0) is 118 Å². The Labute approximate surface area is 306 Å². The Kier molecular flexibility index (Phi) is 13.8. The third-order valence-corrected chi connectivity index (χ3v) is 15.1. The van der Waals surface area contributed by atoms with Gasteiger partial charge in [-0.2, -0.15) is 0 Å². The number of carboxylic acids is 1. The maximum Gasteiger partial charge on any atom is 0.303 e. The van der Waals surface area contributed by atoms with E-state index < -0.39 is 5.97 Å². The third kappa shape index (κ3) is 8.43. The summed E-state index contributed by atoms with van der Waals surface area (Å²) in [6.45, 7) is 14.7. The molecule has 0 aromatic rings. The van der Waals surface area contributed by atoms with E-state index >= 15 is 0 Å². The first kappa shape index (κ1) is 39.6. The highest BCUT2D eigenvalue weighted by Crippen LogP contribution is 2.73. The zero-order valence-electron chi connectivity index (χ0n) is 33.0. The standard InChI is InChI=1S/C46H74O4/c1-35(2)36(3)24-25-37(4)39-26-27-40-43(39,5)30-29-41-44(6)31-28-38(34-45(44)32-33-46(40,41)50-49-45)22-20-18-16-14-12-10-8-7-9-11-13-15-17-19-21-23-42(47)48/h7,9-10,12,24-25,32-33,35-41H,8,11,13-23,26-31,34H2,1-6H3,(H,47,48)/t36-,37+,38-,39+,40?,41?,43+,44+,45+,46-/m0/s1. The molecule has 50 heavy (non-hydrogen) atoms. The second kappa shape index (κ2) is 17.5. The molecular weight excluding hydrogens is 617 g/mol. The van der Waals surface area contributed by atoms with Gasteiger partial charge in [0.1, 0.15) is 11.2 Å². The third-order valence-electron chi connectivity index (χ3n) is 15.1. The minimum absolute atomic E-state index is 0.177. The molecule has 4 aliphatic carbocycles. The molecule has 0 aromatic carbocycles. The molecule has 282 valence electrons. The number of unbranched alkanes of at least 4 members (excludes halogenated alkanes) is 8. The molecule has 4 heteroatoms. The number of hydrogen-bond donors (Lipinski definition) is 1. The SMILES string of the molecule is CC(C)[C@@H](C)C=C[C@@H](C)[C@H]1CCC2[C@@]34C=C[C@]5(C[C@@H](CCCCCC=CCC=CCCCCCCCC(=O)O)CC[C@]5(C)C3CC[C@@]21C)OO4. The smallest absolute Gasteiger partial charge is 0.303 e. The van der Waals surface area contributed by atoms with Gasteiger partial charge >= 0.3 is 5.97 Å². The van der Waals surface area contributed by atoms with Crippen LogP contribution in [0.3, 0.4) is 0 Å². The van der Waals surface area contributed by atoms with E-state index in [1.54, 1.807) is 0 Å². The number of fused-ring (bicyclic) bond motifs is 2. The topological polar surface area (TPSA) is 55.8 Å². The van der Waals surface area contributed by atoms with Crippen molar-refractivity contribution in [2.75, 3.05) is 0 Å². The van der Waals surface area contributed by atoms with Crippen molar-refractivity contribution in [3.8, 4) is 0 Å². The predicted molar refractivity (Wildman–Crippen MR) is 208 cm³/mol. The molecule has 0 amide bonds. The van der Waals surface area contributed by atoms with E-state index in [2.05, 4.69) is 90.2 Å². The molecule has 0 radical (unpaired) electrons. The lowest BCUT2D eigenvalue weighted by Crippen LogP contribution is -2.73. The van der Waals surface area contributed by atoms with Gasteiger partial charge in [-0.15, -0.1) is 0 Å². The molecule has 4 fully saturated rings. The zero-order valence-corrected chi connectivity index (χ0v) is 33.0. The highest BCUT2D eigenvalue weighted by molar-refractivity contribution is 5.66. The Balaban J connectivity index is 1.03. The van der Waals surface area contributed by atoms with Crippen molar-refractivity contribution in [2.45, 2.75) is 181 Å².